The van der Waals surface area contributed by atoms with E-state index in [-0.39, 0.29) is 42.0 Å². The zero-order valence-corrected chi connectivity index (χ0v) is 15.7. The highest BCUT2D eigenvalue weighted by molar-refractivity contribution is 7.89. The number of piperazine rings is 1. The van der Waals surface area contributed by atoms with Gasteiger partial charge in [-0.3, -0.25) is 4.79 Å². The Morgan fingerprint density at radius 2 is 1.70 bits per heavy atom. The van der Waals surface area contributed by atoms with Crippen LogP contribution in [0.4, 0.5) is 4.39 Å². The number of hydrogen-bond donors (Lipinski definition) is 0. The molecule has 0 atom stereocenters. The SMILES string of the molecule is N#Cc1ccc(C(=O)N2CCN(S(=O)(=O)c3ccc(F)c(Cl)c3)CC2)cc1. The predicted octanol–water partition coefficient (Wildman–Crippen LogP) is 2.50. The Morgan fingerprint density at radius 1 is 1.07 bits per heavy atom. The molecule has 1 aliphatic rings. The van der Waals surface area contributed by atoms with E-state index in [2.05, 4.69) is 0 Å². The Morgan fingerprint density at radius 3 is 2.26 bits per heavy atom. The zero-order valence-electron chi connectivity index (χ0n) is 14.1. The fraction of sp³-hybridized carbons (Fsp3) is 0.222. The van der Waals surface area contributed by atoms with Crippen LogP contribution in [0.1, 0.15) is 15.9 Å². The minimum atomic E-state index is -3.82. The number of rotatable bonds is 3. The quantitative estimate of drug-likeness (QED) is 0.782. The third-order valence-corrected chi connectivity index (χ3v) is 6.50. The Labute approximate surface area is 161 Å². The molecule has 1 fully saturated rings. The molecule has 6 nitrogen and oxygen atoms in total. The third-order valence-electron chi connectivity index (χ3n) is 4.32. The van der Waals surface area contributed by atoms with Crippen LogP contribution in [-0.2, 0) is 10.0 Å². The van der Waals surface area contributed by atoms with Crippen LogP contribution < -0.4 is 0 Å². The van der Waals surface area contributed by atoms with E-state index in [1.807, 2.05) is 6.07 Å². The van der Waals surface area contributed by atoms with Crippen molar-refractivity contribution in [2.45, 2.75) is 4.90 Å². The van der Waals surface area contributed by atoms with E-state index >= 15 is 0 Å². The van der Waals surface area contributed by atoms with Gasteiger partial charge in [-0.1, -0.05) is 11.6 Å². The van der Waals surface area contributed by atoms with Gasteiger partial charge in [-0.05, 0) is 42.5 Å². The van der Waals surface area contributed by atoms with Crippen LogP contribution in [0, 0.1) is 17.1 Å². The molecule has 3 rings (SSSR count). The number of nitriles is 1. The molecule has 0 spiro atoms. The van der Waals surface area contributed by atoms with Gasteiger partial charge >= 0.3 is 0 Å². The molecule has 1 saturated heterocycles. The average molecular weight is 408 g/mol. The van der Waals surface area contributed by atoms with Crippen LogP contribution in [0.25, 0.3) is 0 Å². The van der Waals surface area contributed by atoms with Gasteiger partial charge in [0.25, 0.3) is 5.91 Å². The van der Waals surface area contributed by atoms with E-state index in [1.54, 1.807) is 29.2 Å². The van der Waals surface area contributed by atoms with Gasteiger partial charge < -0.3 is 4.90 Å². The second-order valence-electron chi connectivity index (χ2n) is 5.96. The molecule has 0 saturated carbocycles. The van der Waals surface area contributed by atoms with Gasteiger partial charge in [0.15, 0.2) is 0 Å². The maximum absolute atomic E-state index is 13.3. The fourth-order valence-electron chi connectivity index (χ4n) is 2.79. The normalized spacial score (nSPS) is 15.4. The van der Waals surface area contributed by atoms with Crippen molar-refractivity contribution < 1.29 is 17.6 Å². The molecule has 1 aliphatic heterocycles. The molecule has 1 amide bonds. The van der Waals surface area contributed by atoms with Gasteiger partial charge in [0, 0.05) is 31.7 Å². The summed E-state index contributed by atoms with van der Waals surface area (Å²) in [6.07, 6.45) is 0. The van der Waals surface area contributed by atoms with Gasteiger partial charge in [0.2, 0.25) is 10.0 Å². The molecule has 0 N–H and O–H groups in total. The Balaban J connectivity index is 1.69. The van der Waals surface area contributed by atoms with E-state index in [0.29, 0.717) is 11.1 Å². The maximum atomic E-state index is 13.3. The van der Waals surface area contributed by atoms with Crippen LogP contribution in [0.5, 0.6) is 0 Å². The molecule has 1 heterocycles. The summed E-state index contributed by atoms with van der Waals surface area (Å²) < 4.78 is 39.9. The van der Waals surface area contributed by atoms with Crippen molar-refractivity contribution in [2.24, 2.45) is 0 Å². The predicted molar refractivity (Wildman–Crippen MR) is 97.2 cm³/mol. The van der Waals surface area contributed by atoms with Crippen molar-refractivity contribution >= 4 is 27.5 Å². The highest BCUT2D eigenvalue weighted by Gasteiger charge is 2.30. The van der Waals surface area contributed by atoms with Crippen LogP contribution in [0.2, 0.25) is 5.02 Å². The fourth-order valence-corrected chi connectivity index (χ4v) is 4.48. The van der Waals surface area contributed by atoms with Gasteiger partial charge in [-0.25, -0.2) is 12.8 Å². The first-order valence-electron chi connectivity index (χ1n) is 8.07. The molecule has 0 aliphatic carbocycles. The zero-order chi connectivity index (χ0) is 19.6. The number of sulfonamides is 1. The van der Waals surface area contributed by atoms with Crippen molar-refractivity contribution in [3.63, 3.8) is 0 Å². The summed E-state index contributed by atoms with van der Waals surface area (Å²) in [7, 11) is -3.82. The number of carbonyl (C=O) groups excluding carboxylic acids is 1. The molecule has 0 aromatic heterocycles. The number of nitrogens with zero attached hydrogens (tertiary/aromatic N) is 3. The van der Waals surface area contributed by atoms with Crippen molar-refractivity contribution in [3.8, 4) is 6.07 Å². The van der Waals surface area contributed by atoms with E-state index in [9.17, 15) is 17.6 Å². The van der Waals surface area contributed by atoms with Crippen molar-refractivity contribution in [3.05, 3.63) is 64.4 Å². The van der Waals surface area contributed by atoms with Crippen LogP contribution >= 0.6 is 11.6 Å². The summed E-state index contributed by atoms with van der Waals surface area (Å²) in [4.78, 5) is 14.0. The molecule has 2 aromatic rings. The van der Waals surface area contributed by atoms with Gasteiger partial charge in [0.05, 0.1) is 21.6 Å². The number of amides is 1. The molecular weight excluding hydrogens is 393 g/mol. The minimum absolute atomic E-state index is 0.0826. The molecule has 9 heteroatoms. The van der Waals surface area contributed by atoms with Gasteiger partial charge in [-0.15, -0.1) is 0 Å². The first-order chi connectivity index (χ1) is 12.8. The molecule has 0 bridgehead atoms. The average Bonchev–Trinajstić information content (AvgIpc) is 2.69. The Kier molecular flexibility index (Phi) is 5.46. The lowest BCUT2D eigenvalue weighted by Crippen LogP contribution is -2.50. The van der Waals surface area contributed by atoms with E-state index in [1.165, 1.54) is 10.4 Å². The standard InChI is InChI=1S/C18H15ClFN3O3S/c19-16-11-15(5-6-17(16)20)27(25,26)23-9-7-22(8-10-23)18(24)14-3-1-13(12-21)2-4-14/h1-6,11H,7-10H2. The summed E-state index contributed by atoms with van der Waals surface area (Å²) in [6, 6.07) is 11.5. The largest absolute Gasteiger partial charge is 0.336 e. The van der Waals surface area contributed by atoms with Crippen LogP contribution in [0.3, 0.4) is 0 Å². The first kappa shape index (κ1) is 19.3. The van der Waals surface area contributed by atoms with E-state index < -0.39 is 15.8 Å². The molecule has 27 heavy (non-hydrogen) atoms. The van der Waals surface area contributed by atoms with Crippen molar-refractivity contribution in [2.75, 3.05) is 26.2 Å². The number of halogens is 2. The summed E-state index contributed by atoms with van der Waals surface area (Å²) >= 11 is 5.68. The molecule has 140 valence electrons. The van der Waals surface area contributed by atoms with Crippen molar-refractivity contribution in [1.82, 2.24) is 9.21 Å². The summed E-state index contributed by atoms with van der Waals surface area (Å²) in [5, 5.41) is 8.55. The second-order valence-corrected chi connectivity index (χ2v) is 8.31. The summed E-state index contributed by atoms with van der Waals surface area (Å²) in [5.74, 6) is -0.908. The second kappa shape index (κ2) is 7.64. The van der Waals surface area contributed by atoms with Crippen LogP contribution in [-0.4, -0.2) is 49.7 Å². The number of carbonyl (C=O) groups is 1. The Hall–Kier alpha value is -2.47. The van der Waals surface area contributed by atoms with Gasteiger partial charge in [0.1, 0.15) is 5.82 Å². The lowest BCUT2D eigenvalue weighted by atomic mass is 10.1. The van der Waals surface area contributed by atoms with Crippen molar-refractivity contribution in [1.29, 1.82) is 5.26 Å². The lowest BCUT2D eigenvalue weighted by molar-refractivity contribution is 0.0698. The highest BCUT2D eigenvalue weighted by Crippen LogP contribution is 2.23. The van der Waals surface area contributed by atoms with Crippen LogP contribution in [0.15, 0.2) is 47.4 Å². The lowest BCUT2D eigenvalue weighted by Gasteiger charge is -2.34. The summed E-state index contributed by atoms with van der Waals surface area (Å²) in [6.45, 7) is 0.707. The highest BCUT2D eigenvalue weighted by atomic mass is 35.5. The maximum Gasteiger partial charge on any atom is 0.253 e. The molecule has 0 radical (unpaired) electrons. The van der Waals surface area contributed by atoms with E-state index in [4.69, 9.17) is 16.9 Å². The van der Waals surface area contributed by atoms with E-state index in [0.717, 1.165) is 12.1 Å². The number of hydrogen-bond acceptors (Lipinski definition) is 4. The Bertz CT molecular complexity index is 1010. The molecular formula is C18H15ClFN3O3S. The van der Waals surface area contributed by atoms with Gasteiger partial charge in [-0.2, -0.15) is 9.57 Å². The summed E-state index contributed by atoms with van der Waals surface area (Å²) in [5.41, 5.74) is 0.899. The molecule has 2 aromatic carbocycles. The number of benzene rings is 2. The molecule has 0 unspecified atom stereocenters. The topological polar surface area (TPSA) is 81.5 Å². The third kappa shape index (κ3) is 3.95. The minimum Gasteiger partial charge on any atom is -0.336 e. The monoisotopic (exact) mass is 407 g/mol. The smallest absolute Gasteiger partial charge is 0.253 e. The first-order valence-corrected chi connectivity index (χ1v) is 9.89.